The molecule has 0 saturated carbocycles. The van der Waals surface area contributed by atoms with E-state index in [9.17, 15) is 14.7 Å². The molecule has 2 N–H and O–H groups in total. The maximum absolute atomic E-state index is 12.9. The van der Waals surface area contributed by atoms with Crippen molar-refractivity contribution in [2.45, 2.75) is 6.42 Å². The fraction of sp³-hybridized carbons (Fsp3) is 0.233. The van der Waals surface area contributed by atoms with Crippen LogP contribution >= 0.6 is 0 Å². The van der Waals surface area contributed by atoms with Gasteiger partial charge in [0.05, 0.1) is 29.6 Å². The predicted octanol–water partition coefficient (Wildman–Crippen LogP) is 4.85. The third-order valence-electron chi connectivity index (χ3n) is 6.28. The Hall–Kier alpha value is -4.43. The Morgan fingerprint density at radius 3 is 2.24 bits per heavy atom. The first-order valence-corrected chi connectivity index (χ1v) is 12.4. The van der Waals surface area contributed by atoms with Gasteiger partial charge in [0.15, 0.2) is 5.88 Å². The number of aromatic hydroxyl groups is 1. The number of ether oxygens (including phenoxy) is 1. The fourth-order valence-electron chi connectivity index (χ4n) is 4.28. The van der Waals surface area contributed by atoms with Gasteiger partial charge in [-0.1, -0.05) is 36.4 Å². The van der Waals surface area contributed by atoms with Crippen molar-refractivity contribution < 1.29 is 19.4 Å². The van der Waals surface area contributed by atoms with Gasteiger partial charge in [-0.3, -0.25) is 4.79 Å². The first kappa shape index (κ1) is 26.6. The molecule has 4 rings (SSSR count). The van der Waals surface area contributed by atoms with E-state index in [1.165, 1.54) is 7.11 Å². The molecule has 0 radical (unpaired) electrons. The number of aliphatic imine (C=N–C) groups is 1. The number of amides is 1. The first-order chi connectivity index (χ1) is 18.3. The standard InChI is InChI=1S/C30H32N4O4/c1-33(2)17-8-18-34(3)29(36)21-11-14-23(15-12-21)31-27(20-9-6-5-7-10-20)26-24-16-13-22(30(37)38-4)19-25(24)32-28(26)35/h5-7,9-16,19,32,35H,8,17-18H2,1-4H3. The SMILES string of the molecule is COC(=O)c1ccc2c(C(=Nc3ccc(C(=O)N(C)CCCN(C)C)cc3)c3ccccc3)c(O)[nH]c2c1. The highest BCUT2D eigenvalue weighted by molar-refractivity contribution is 6.22. The highest BCUT2D eigenvalue weighted by atomic mass is 16.5. The number of hydrogen-bond acceptors (Lipinski definition) is 6. The molecule has 8 nitrogen and oxygen atoms in total. The molecule has 4 aromatic rings. The molecule has 0 fully saturated rings. The second kappa shape index (κ2) is 11.7. The van der Waals surface area contributed by atoms with E-state index >= 15 is 0 Å². The molecule has 0 aliphatic carbocycles. The minimum absolute atomic E-state index is 0.0433. The molecule has 196 valence electrons. The molecule has 0 unspecified atom stereocenters. The maximum Gasteiger partial charge on any atom is 0.337 e. The maximum atomic E-state index is 12.9. The number of hydrogen-bond donors (Lipinski definition) is 2. The van der Waals surface area contributed by atoms with Crippen LogP contribution in [0.1, 0.15) is 38.3 Å². The first-order valence-electron chi connectivity index (χ1n) is 12.4. The zero-order chi connectivity index (χ0) is 27.2. The van der Waals surface area contributed by atoms with Crippen LogP contribution in [0.4, 0.5) is 5.69 Å². The summed E-state index contributed by atoms with van der Waals surface area (Å²) in [5.41, 5.74) is 4.06. The van der Waals surface area contributed by atoms with Crippen LogP contribution in [0.2, 0.25) is 0 Å². The van der Waals surface area contributed by atoms with Crippen LogP contribution in [0, 0.1) is 0 Å². The molecule has 0 aliphatic rings. The molecule has 3 aromatic carbocycles. The average Bonchev–Trinajstić information content (AvgIpc) is 3.26. The van der Waals surface area contributed by atoms with Gasteiger partial charge in [0.25, 0.3) is 5.91 Å². The summed E-state index contributed by atoms with van der Waals surface area (Å²) in [6, 6.07) is 21.7. The third-order valence-corrected chi connectivity index (χ3v) is 6.28. The largest absolute Gasteiger partial charge is 0.494 e. The quantitative estimate of drug-likeness (QED) is 0.247. The monoisotopic (exact) mass is 512 g/mol. The number of esters is 1. The lowest BCUT2D eigenvalue weighted by molar-refractivity contribution is 0.0600. The zero-order valence-electron chi connectivity index (χ0n) is 22.1. The summed E-state index contributed by atoms with van der Waals surface area (Å²) in [5.74, 6) is -0.563. The number of nitrogens with zero attached hydrogens (tertiary/aromatic N) is 3. The number of carbonyl (C=O) groups is 2. The van der Waals surface area contributed by atoms with Gasteiger partial charge in [0.1, 0.15) is 0 Å². The van der Waals surface area contributed by atoms with Crippen molar-refractivity contribution >= 4 is 34.2 Å². The van der Waals surface area contributed by atoms with Crippen molar-refractivity contribution in [2.75, 3.05) is 41.3 Å². The number of rotatable bonds is 9. The predicted molar refractivity (Wildman–Crippen MR) is 150 cm³/mol. The molecule has 1 amide bonds. The normalized spacial score (nSPS) is 11.7. The summed E-state index contributed by atoms with van der Waals surface area (Å²) >= 11 is 0. The summed E-state index contributed by atoms with van der Waals surface area (Å²) in [6.07, 6.45) is 0.896. The Morgan fingerprint density at radius 2 is 1.58 bits per heavy atom. The molecule has 0 atom stereocenters. The molecule has 0 saturated heterocycles. The van der Waals surface area contributed by atoms with Crippen LogP contribution in [-0.2, 0) is 4.74 Å². The van der Waals surface area contributed by atoms with Crippen LogP contribution in [0.5, 0.6) is 5.88 Å². The van der Waals surface area contributed by atoms with Crippen molar-refractivity contribution in [3.63, 3.8) is 0 Å². The van der Waals surface area contributed by atoms with E-state index in [1.54, 1.807) is 47.4 Å². The van der Waals surface area contributed by atoms with E-state index in [4.69, 9.17) is 9.73 Å². The van der Waals surface area contributed by atoms with Crippen molar-refractivity contribution in [1.29, 1.82) is 0 Å². The van der Waals surface area contributed by atoms with Gasteiger partial charge in [-0.2, -0.15) is 0 Å². The van der Waals surface area contributed by atoms with Gasteiger partial charge in [-0.05, 0) is 63.5 Å². The highest BCUT2D eigenvalue weighted by Gasteiger charge is 2.20. The van der Waals surface area contributed by atoms with Gasteiger partial charge >= 0.3 is 5.97 Å². The van der Waals surface area contributed by atoms with E-state index in [-0.39, 0.29) is 11.8 Å². The van der Waals surface area contributed by atoms with E-state index in [0.29, 0.717) is 45.5 Å². The van der Waals surface area contributed by atoms with Crippen molar-refractivity contribution in [3.8, 4) is 5.88 Å². The van der Waals surface area contributed by atoms with Crippen LogP contribution in [0.3, 0.4) is 0 Å². The Labute approximate surface area is 222 Å². The number of nitrogens with one attached hydrogen (secondary N) is 1. The number of methoxy groups -OCH3 is 1. The van der Waals surface area contributed by atoms with Crippen LogP contribution in [-0.4, -0.2) is 78.8 Å². The van der Waals surface area contributed by atoms with Crippen LogP contribution in [0.25, 0.3) is 10.9 Å². The highest BCUT2D eigenvalue weighted by Crippen LogP contribution is 2.32. The van der Waals surface area contributed by atoms with Gasteiger partial charge in [0.2, 0.25) is 0 Å². The molecule has 8 heteroatoms. The van der Waals surface area contributed by atoms with E-state index < -0.39 is 5.97 Å². The number of aromatic nitrogens is 1. The molecule has 0 bridgehead atoms. The Kier molecular flexibility index (Phi) is 8.23. The smallest absolute Gasteiger partial charge is 0.337 e. The van der Waals surface area contributed by atoms with Crippen molar-refractivity contribution in [3.05, 3.63) is 95.1 Å². The minimum Gasteiger partial charge on any atom is -0.494 e. The summed E-state index contributed by atoms with van der Waals surface area (Å²) in [5, 5.41) is 11.6. The molecule has 38 heavy (non-hydrogen) atoms. The molecule has 0 aliphatic heterocycles. The van der Waals surface area contributed by atoms with E-state index in [1.807, 2.05) is 51.5 Å². The number of fused-ring (bicyclic) bond motifs is 1. The molecular weight excluding hydrogens is 480 g/mol. The topological polar surface area (TPSA) is 98.2 Å². The van der Waals surface area contributed by atoms with Gasteiger partial charge in [-0.25, -0.2) is 9.79 Å². The number of benzene rings is 3. The molecule has 1 heterocycles. The Morgan fingerprint density at radius 1 is 0.895 bits per heavy atom. The lowest BCUT2D eigenvalue weighted by Crippen LogP contribution is -2.29. The minimum atomic E-state index is -0.461. The summed E-state index contributed by atoms with van der Waals surface area (Å²) in [4.78, 5) is 36.5. The van der Waals surface area contributed by atoms with Crippen LogP contribution < -0.4 is 0 Å². The lowest BCUT2D eigenvalue weighted by Gasteiger charge is -2.18. The second-order valence-corrected chi connectivity index (χ2v) is 9.36. The molecule has 1 aromatic heterocycles. The Bertz CT molecular complexity index is 1460. The third kappa shape index (κ3) is 5.92. The van der Waals surface area contributed by atoms with E-state index in [2.05, 4.69) is 9.88 Å². The van der Waals surface area contributed by atoms with Gasteiger partial charge < -0.3 is 24.6 Å². The molecule has 0 spiro atoms. The van der Waals surface area contributed by atoms with Crippen molar-refractivity contribution in [1.82, 2.24) is 14.8 Å². The lowest BCUT2D eigenvalue weighted by atomic mass is 10.00. The summed E-state index contributed by atoms with van der Waals surface area (Å²) < 4.78 is 4.82. The number of carbonyl (C=O) groups excluding carboxylic acids is 2. The second-order valence-electron chi connectivity index (χ2n) is 9.36. The fourth-order valence-corrected chi connectivity index (χ4v) is 4.28. The van der Waals surface area contributed by atoms with E-state index in [0.717, 1.165) is 18.5 Å². The average molecular weight is 513 g/mol. The Balaban J connectivity index is 1.69. The summed E-state index contributed by atoms with van der Waals surface area (Å²) in [6.45, 7) is 1.59. The number of H-pyrrole nitrogens is 1. The van der Waals surface area contributed by atoms with Gasteiger partial charge in [-0.15, -0.1) is 0 Å². The summed E-state index contributed by atoms with van der Waals surface area (Å²) in [7, 11) is 7.16. The van der Waals surface area contributed by atoms with Crippen LogP contribution in [0.15, 0.2) is 77.8 Å². The number of aromatic amines is 1. The van der Waals surface area contributed by atoms with Crippen molar-refractivity contribution in [2.24, 2.45) is 4.99 Å². The van der Waals surface area contributed by atoms with Gasteiger partial charge in [0, 0.05) is 35.6 Å². The molecular formula is C30H32N4O4. The zero-order valence-corrected chi connectivity index (χ0v) is 22.1.